The van der Waals surface area contributed by atoms with E-state index in [9.17, 15) is 0 Å². The van der Waals surface area contributed by atoms with Gasteiger partial charge in [-0.05, 0) is 24.3 Å². The van der Waals surface area contributed by atoms with Crippen molar-refractivity contribution in [2.45, 2.75) is 11.2 Å². The lowest BCUT2D eigenvalue weighted by atomic mass is 9.61. The molecule has 1 saturated heterocycles. The summed E-state index contributed by atoms with van der Waals surface area (Å²) in [4.78, 5) is 17.2. The van der Waals surface area contributed by atoms with Crippen LogP contribution in [-0.2, 0) is 21.0 Å². The molecule has 2 spiro atoms. The molecule has 0 amide bonds. The van der Waals surface area contributed by atoms with E-state index in [0.717, 1.165) is 45.0 Å². The van der Waals surface area contributed by atoms with Crippen molar-refractivity contribution in [3.05, 3.63) is 119 Å². The summed E-state index contributed by atoms with van der Waals surface area (Å²) >= 11 is 0. The van der Waals surface area contributed by atoms with Crippen molar-refractivity contribution in [2.24, 2.45) is 0 Å². The number of fused-ring (bicyclic) bond motifs is 9. The SMILES string of the molecule is CN1c2ccccc2C2(OOC23c2ccccc2N(C)c2ccccc23)c2ccccc21. The van der Waals surface area contributed by atoms with Crippen LogP contribution in [0.15, 0.2) is 97.1 Å². The van der Waals surface area contributed by atoms with Crippen LogP contribution in [0.1, 0.15) is 22.3 Å². The first-order valence-corrected chi connectivity index (χ1v) is 10.9. The molecule has 0 N–H and O–H groups in total. The molecule has 3 heterocycles. The first-order valence-electron chi connectivity index (χ1n) is 10.9. The van der Waals surface area contributed by atoms with E-state index in [-0.39, 0.29) is 0 Å². The smallest absolute Gasteiger partial charge is 0.198 e. The van der Waals surface area contributed by atoms with Crippen LogP contribution in [0.3, 0.4) is 0 Å². The molecule has 4 aromatic rings. The highest BCUT2D eigenvalue weighted by molar-refractivity contribution is 5.84. The Hall–Kier alpha value is -3.60. The fourth-order valence-corrected chi connectivity index (χ4v) is 5.95. The van der Waals surface area contributed by atoms with Gasteiger partial charge in [-0.25, -0.2) is 9.78 Å². The van der Waals surface area contributed by atoms with Crippen LogP contribution < -0.4 is 9.80 Å². The minimum atomic E-state index is -0.805. The standard InChI is InChI=1S/C28H22N2O2/c1-29-23-15-7-3-11-19(23)27(20-12-4-8-16-24(20)29)28(32-31-27)21-13-5-9-17-25(21)30(2)26-18-10-6-14-22(26)28/h3-18H,1-2H3. The third kappa shape index (κ3) is 1.83. The molecule has 3 aliphatic heterocycles. The van der Waals surface area contributed by atoms with E-state index in [2.05, 4.69) is 121 Å². The highest BCUT2D eigenvalue weighted by Gasteiger charge is 2.72. The fourth-order valence-electron chi connectivity index (χ4n) is 5.95. The Morgan fingerprint density at radius 1 is 0.438 bits per heavy atom. The molecule has 0 aliphatic carbocycles. The molecule has 0 aromatic heterocycles. The van der Waals surface area contributed by atoms with Crippen molar-refractivity contribution in [1.82, 2.24) is 0 Å². The lowest BCUT2D eigenvalue weighted by Gasteiger charge is -2.61. The van der Waals surface area contributed by atoms with Crippen molar-refractivity contribution in [1.29, 1.82) is 0 Å². The van der Waals surface area contributed by atoms with E-state index in [4.69, 9.17) is 9.78 Å². The molecular weight excluding hydrogens is 396 g/mol. The normalized spacial score (nSPS) is 18.4. The van der Waals surface area contributed by atoms with Crippen LogP contribution >= 0.6 is 0 Å². The van der Waals surface area contributed by atoms with Gasteiger partial charge in [-0.2, -0.15) is 0 Å². The number of nitrogens with zero attached hydrogens (tertiary/aromatic N) is 2. The summed E-state index contributed by atoms with van der Waals surface area (Å²) in [5.74, 6) is 0. The summed E-state index contributed by atoms with van der Waals surface area (Å²) in [6.07, 6.45) is 0. The Morgan fingerprint density at radius 3 is 0.938 bits per heavy atom. The quantitative estimate of drug-likeness (QED) is 0.327. The molecular formula is C28H22N2O2. The second-order valence-electron chi connectivity index (χ2n) is 8.72. The summed E-state index contributed by atoms with van der Waals surface area (Å²) in [7, 11) is 4.24. The molecule has 0 unspecified atom stereocenters. The molecule has 3 aliphatic rings. The van der Waals surface area contributed by atoms with Gasteiger partial charge in [0.2, 0.25) is 0 Å². The van der Waals surface area contributed by atoms with E-state index >= 15 is 0 Å². The molecule has 32 heavy (non-hydrogen) atoms. The van der Waals surface area contributed by atoms with Crippen molar-refractivity contribution in [3.8, 4) is 0 Å². The van der Waals surface area contributed by atoms with Crippen LogP contribution in [0.5, 0.6) is 0 Å². The average Bonchev–Trinajstić information content (AvgIpc) is 2.84. The summed E-state index contributed by atoms with van der Waals surface area (Å²) in [5.41, 5.74) is 7.35. The van der Waals surface area contributed by atoms with E-state index < -0.39 is 11.2 Å². The van der Waals surface area contributed by atoms with Gasteiger partial charge in [0.25, 0.3) is 0 Å². The molecule has 0 saturated carbocycles. The predicted octanol–water partition coefficient (Wildman–Crippen LogP) is 6.00. The largest absolute Gasteiger partial charge is 0.344 e. The fraction of sp³-hybridized carbons (Fsp3) is 0.143. The number of para-hydroxylation sites is 4. The first-order chi connectivity index (χ1) is 15.7. The zero-order valence-electron chi connectivity index (χ0n) is 17.9. The van der Waals surface area contributed by atoms with Gasteiger partial charge >= 0.3 is 0 Å². The van der Waals surface area contributed by atoms with Crippen LogP contribution in [0.4, 0.5) is 22.7 Å². The third-order valence-corrected chi connectivity index (χ3v) is 7.37. The lowest BCUT2D eigenvalue weighted by Crippen LogP contribution is -2.66. The van der Waals surface area contributed by atoms with E-state index in [1.807, 2.05) is 0 Å². The highest BCUT2D eigenvalue weighted by Crippen LogP contribution is 2.69. The average molecular weight is 418 g/mol. The van der Waals surface area contributed by atoms with E-state index in [0.29, 0.717) is 0 Å². The van der Waals surface area contributed by atoms with Gasteiger partial charge in [0, 0.05) is 59.1 Å². The lowest BCUT2D eigenvalue weighted by molar-refractivity contribution is -0.546. The molecule has 0 radical (unpaired) electrons. The van der Waals surface area contributed by atoms with Gasteiger partial charge in [-0.1, -0.05) is 72.8 Å². The molecule has 7 rings (SSSR count). The molecule has 4 heteroatoms. The van der Waals surface area contributed by atoms with Crippen molar-refractivity contribution in [2.75, 3.05) is 23.9 Å². The topological polar surface area (TPSA) is 24.9 Å². The first kappa shape index (κ1) is 18.0. The predicted molar refractivity (Wildman–Crippen MR) is 126 cm³/mol. The minimum absolute atomic E-state index is 0.805. The molecule has 4 aromatic carbocycles. The van der Waals surface area contributed by atoms with Crippen molar-refractivity contribution < 1.29 is 9.78 Å². The van der Waals surface area contributed by atoms with Gasteiger partial charge < -0.3 is 9.80 Å². The zero-order chi connectivity index (χ0) is 21.5. The summed E-state index contributed by atoms with van der Waals surface area (Å²) in [6, 6.07) is 34.0. The van der Waals surface area contributed by atoms with E-state index in [1.54, 1.807) is 0 Å². The highest BCUT2D eigenvalue weighted by atomic mass is 17.3. The van der Waals surface area contributed by atoms with Crippen molar-refractivity contribution in [3.63, 3.8) is 0 Å². The molecule has 0 atom stereocenters. The summed E-state index contributed by atoms with van der Waals surface area (Å²) in [6.45, 7) is 0. The van der Waals surface area contributed by atoms with Gasteiger partial charge in [-0.15, -0.1) is 0 Å². The van der Waals surface area contributed by atoms with Crippen LogP contribution in [0, 0.1) is 0 Å². The number of hydrogen-bond acceptors (Lipinski definition) is 4. The maximum atomic E-state index is 6.36. The molecule has 1 fully saturated rings. The number of rotatable bonds is 0. The monoisotopic (exact) mass is 418 g/mol. The Bertz CT molecular complexity index is 1190. The Balaban J connectivity index is 1.65. The van der Waals surface area contributed by atoms with Crippen LogP contribution in [-0.4, -0.2) is 14.1 Å². The second-order valence-corrected chi connectivity index (χ2v) is 8.72. The number of hydrogen-bond donors (Lipinski definition) is 0. The maximum absolute atomic E-state index is 6.36. The Morgan fingerprint density at radius 2 is 0.688 bits per heavy atom. The number of anilines is 4. The summed E-state index contributed by atoms with van der Waals surface area (Å²) < 4.78 is 0. The Labute approximate surface area is 187 Å². The van der Waals surface area contributed by atoms with E-state index in [1.165, 1.54) is 0 Å². The zero-order valence-corrected chi connectivity index (χ0v) is 17.9. The maximum Gasteiger partial charge on any atom is 0.198 e. The van der Waals surface area contributed by atoms with Gasteiger partial charge in [-0.3, -0.25) is 0 Å². The van der Waals surface area contributed by atoms with Crippen molar-refractivity contribution >= 4 is 22.7 Å². The second kappa shape index (κ2) is 6.00. The third-order valence-electron chi connectivity index (χ3n) is 7.37. The Kier molecular flexibility index (Phi) is 3.38. The van der Waals surface area contributed by atoms with Gasteiger partial charge in [0.1, 0.15) is 0 Å². The molecule has 0 bridgehead atoms. The summed E-state index contributed by atoms with van der Waals surface area (Å²) in [5, 5.41) is 0. The van der Waals surface area contributed by atoms with Crippen LogP contribution in [0.2, 0.25) is 0 Å². The van der Waals surface area contributed by atoms with Gasteiger partial charge in [0.15, 0.2) is 11.2 Å². The van der Waals surface area contributed by atoms with Crippen LogP contribution in [0.25, 0.3) is 0 Å². The molecule has 156 valence electrons. The minimum Gasteiger partial charge on any atom is -0.344 e. The number of benzene rings is 4. The molecule has 4 nitrogen and oxygen atoms in total. The van der Waals surface area contributed by atoms with Gasteiger partial charge in [0.05, 0.1) is 0 Å².